The lowest BCUT2D eigenvalue weighted by molar-refractivity contribution is -0.187. The van der Waals surface area contributed by atoms with Gasteiger partial charge in [-0.15, -0.1) is 0 Å². The molecule has 274 valence electrons. The second kappa shape index (κ2) is 22.1. The van der Waals surface area contributed by atoms with Crippen molar-refractivity contribution >= 4 is 35.8 Å². The number of ether oxygens (including phenoxy) is 4. The van der Waals surface area contributed by atoms with Gasteiger partial charge in [0.2, 0.25) is 0 Å². The van der Waals surface area contributed by atoms with Gasteiger partial charge in [-0.3, -0.25) is 9.59 Å². The lowest BCUT2D eigenvalue weighted by atomic mass is 10.0. The smallest absolute Gasteiger partial charge is 0.431 e. The molecule has 0 spiro atoms. The van der Waals surface area contributed by atoms with Crippen LogP contribution in [-0.4, -0.2) is 48.0 Å². The first-order valence-corrected chi connectivity index (χ1v) is 17.4. The van der Waals surface area contributed by atoms with Gasteiger partial charge in [0.25, 0.3) is 0 Å². The number of benzene rings is 2. The topological polar surface area (TPSA) is 158 Å². The molecule has 0 aliphatic rings. The number of hydrogen-bond acceptors (Lipinski definition) is 12. The zero-order valence-corrected chi connectivity index (χ0v) is 30.0. The van der Waals surface area contributed by atoms with E-state index in [0.717, 1.165) is 51.4 Å². The molecule has 0 saturated heterocycles. The predicted octanol–water partition coefficient (Wildman–Crippen LogP) is 9.55. The first-order valence-electron chi connectivity index (χ1n) is 17.4. The summed E-state index contributed by atoms with van der Waals surface area (Å²) in [7, 11) is 0. The number of carbonyl (C=O) groups is 6. The highest BCUT2D eigenvalue weighted by molar-refractivity contribution is 6.02. The molecule has 0 atom stereocenters. The number of ketones is 2. The number of Topliss-reactive ketones (excluding diaryl/α,β-unsaturated/α-hetero) is 2. The SMILES string of the molecule is CCCCCCCC(=O)c1ccc(OC(=O)OC(C)C)c(C(=O)OOC(=O)c2cc(C(=O)CCCCCCC)ccc2OC(=O)OC(C)C)c1. The van der Waals surface area contributed by atoms with Crippen molar-refractivity contribution in [3.63, 3.8) is 0 Å². The van der Waals surface area contributed by atoms with Gasteiger partial charge in [-0.05, 0) is 76.9 Å². The molecule has 0 N–H and O–H groups in total. The van der Waals surface area contributed by atoms with E-state index in [0.29, 0.717) is 12.8 Å². The average Bonchev–Trinajstić information content (AvgIpc) is 3.06. The van der Waals surface area contributed by atoms with Crippen LogP contribution in [0.3, 0.4) is 0 Å². The van der Waals surface area contributed by atoms with Crippen LogP contribution in [0.25, 0.3) is 0 Å². The Morgan fingerprint density at radius 3 is 1.22 bits per heavy atom. The molecule has 0 unspecified atom stereocenters. The average molecular weight is 699 g/mol. The summed E-state index contributed by atoms with van der Waals surface area (Å²) >= 11 is 0. The summed E-state index contributed by atoms with van der Waals surface area (Å²) in [5.41, 5.74) is -0.467. The summed E-state index contributed by atoms with van der Waals surface area (Å²) < 4.78 is 20.4. The zero-order chi connectivity index (χ0) is 37.1. The fourth-order valence-electron chi connectivity index (χ4n) is 4.75. The summed E-state index contributed by atoms with van der Waals surface area (Å²) in [6.07, 6.45) is 6.53. The fourth-order valence-corrected chi connectivity index (χ4v) is 4.75. The molecular weight excluding hydrogens is 648 g/mol. The van der Waals surface area contributed by atoms with E-state index in [1.54, 1.807) is 27.7 Å². The Labute approximate surface area is 294 Å². The lowest BCUT2D eigenvalue weighted by Gasteiger charge is -2.13. The molecule has 2 aromatic carbocycles. The van der Waals surface area contributed by atoms with Crippen molar-refractivity contribution in [2.75, 3.05) is 0 Å². The van der Waals surface area contributed by atoms with Crippen LogP contribution in [0.4, 0.5) is 9.59 Å². The summed E-state index contributed by atoms with van der Waals surface area (Å²) in [5.74, 6) is -3.64. The molecule has 0 bridgehead atoms. The van der Waals surface area contributed by atoms with Gasteiger partial charge in [0.15, 0.2) is 11.6 Å². The summed E-state index contributed by atoms with van der Waals surface area (Å²) in [4.78, 5) is 86.6. The van der Waals surface area contributed by atoms with Gasteiger partial charge in [0.05, 0.1) is 12.2 Å². The predicted molar refractivity (Wildman–Crippen MR) is 184 cm³/mol. The molecule has 0 aliphatic carbocycles. The Balaban J connectivity index is 2.32. The van der Waals surface area contributed by atoms with Crippen molar-refractivity contribution < 1.29 is 57.5 Å². The van der Waals surface area contributed by atoms with Gasteiger partial charge in [-0.25, -0.2) is 29.0 Å². The Bertz CT molecular complexity index is 1350. The van der Waals surface area contributed by atoms with Crippen LogP contribution in [0.1, 0.15) is 160 Å². The quantitative estimate of drug-likeness (QED) is 0.0322. The molecule has 12 heteroatoms. The monoisotopic (exact) mass is 698 g/mol. The first kappa shape index (κ1) is 41.4. The molecule has 50 heavy (non-hydrogen) atoms. The van der Waals surface area contributed by atoms with E-state index in [2.05, 4.69) is 13.8 Å². The van der Waals surface area contributed by atoms with Crippen molar-refractivity contribution in [2.45, 2.75) is 131 Å². The van der Waals surface area contributed by atoms with Crippen LogP contribution in [0.15, 0.2) is 36.4 Å². The Morgan fingerprint density at radius 2 is 0.880 bits per heavy atom. The maximum atomic E-state index is 13.3. The normalized spacial score (nSPS) is 10.8. The Hall–Kier alpha value is -4.74. The van der Waals surface area contributed by atoms with Gasteiger partial charge in [-0.2, -0.15) is 0 Å². The number of hydrogen-bond donors (Lipinski definition) is 0. The minimum atomic E-state index is -1.27. The van der Waals surface area contributed by atoms with Crippen LogP contribution in [0.5, 0.6) is 11.5 Å². The highest BCUT2D eigenvalue weighted by Gasteiger charge is 2.26. The minimum absolute atomic E-state index is 0.156. The second-order valence-electron chi connectivity index (χ2n) is 12.4. The molecule has 12 nitrogen and oxygen atoms in total. The largest absolute Gasteiger partial charge is 0.514 e. The Morgan fingerprint density at radius 1 is 0.520 bits per heavy atom. The van der Waals surface area contributed by atoms with Gasteiger partial charge >= 0.3 is 24.2 Å². The summed E-state index contributed by atoms with van der Waals surface area (Å²) in [6, 6.07) is 7.65. The van der Waals surface area contributed by atoms with Crippen molar-refractivity contribution in [2.24, 2.45) is 0 Å². The van der Waals surface area contributed by atoms with Crippen molar-refractivity contribution in [3.8, 4) is 11.5 Å². The van der Waals surface area contributed by atoms with E-state index in [4.69, 9.17) is 28.7 Å². The molecule has 0 saturated carbocycles. The number of unbranched alkanes of at least 4 members (excludes halogenated alkanes) is 8. The van der Waals surface area contributed by atoms with Gasteiger partial charge < -0.3 is 18.9 Å². The molecule has 0 amide bonds. The van der Waals surface area contributed by atoms with E-state index >= 15 is 0 Å². The fraction of sp³-hybridized carbons (Fsp3) is 0.526. The number of carbonyl (C=O) groups excluding carboxylic acids is 6. The third kappa shape index (κ3) is 14.8. The maximum Gasteiger partial charge on any atom is 0.514 e. The zero-order valence-electron chi connectivity index (χ0n) is 30.0. The number of rotatable bonds is 20. The van der Waals surface area contributed by atoms with E-state index in [-0.39, 0.29) is 58.2 Å². The highest BCUT2D eigenvalue weighted by Crippen LogP contribution is 2.26. The van der Waals surface area contributed by atoms with Crippen LogP contribution >= 0.6 is 0 Å². The lowest BCUT2D eigenvalue weighted by Crippen LogP contribution is -2.20. The van der Waals surface area contributed by atoms with E-state index in [1.165, 1.54) is 36.4 Å². The highest BCUT2D eigenvalue weighted by atomic mass is 17.2. The maximum absolute atomic E-state index is 13.3. The van der Waals surface area contributed by atoms with E-state index in [1.807, 2.05) is 0 Å². The molecule has 0 radical (unpaired) electrons. The van der Waals surface area contributed by atoms with E-state index in [9.17, 15) is 28.8 Å². The molecule has 0 fully saturated rings. The molecule has 0 aliphatic heterocycles. The van der Waals surface area contributed by atoms with Crippen molar-refractivity contribution in [3.05, 3.63) is 58.7 Å². The Kier molecular flexibility index (Phi) is 18.3. The third-order valence-electron chi connectivity index (χ3n) is 7.30. The minimum Gasteiger partial charge on any atom is -0.431 e. The standard InChI is InChI=1S/C38H50O12/c1-7-9-11-13-15-17-31(39)27-19-21-33(47-37(43)45-25(3)4)29(23-27)35(41)49-50-36(42)30-24-28(32(40)18-16-14-12-10-8-2)20-22-34(30)48-38(44)46-26(5)6/h19-26H,7-18H2,1-6H3. The first-order chi connectivity index (χ1) is 23.9. The van der Waals surface area contributed by atoms with Crippen molar-refractivity contribution in [1.82, 2.24) is 0 Å². The van der Waals surface area contributed by atoms with Gasteiger partial charge in [0, 0.05) is 24.0 Å². The van der Waals surface area contributed by atoms with Crippen LogP contribution < -0.4 is 9.47 Å². The van der Waals surface area contributed by atoms with Crippen LogP contribution in [0, 0.1) is 0 Å². The molecule has 2 rings (SSSR count). The molecule has 0 aromatic heterocycles. The van der Waals surface area contributed by atoms with E-state index < -0.39 is 36.5 Å². The van der Waals surface area contributed by atoms with Crippen LogP contribution in [0.2, 0.25) is 0 Å². The third-order valence-corrected chi connectivity index (χ3v) is 7.30. The van der Waals surface area contributed by atoms with Gasteiger partial charge in [0.1, 0.15) is 22.6 Å². The van der Waals surface area contributed by atoms with Crippen molar-refractivity contribution in [1.29, 1.82) is 0 Å². The molecule has 0 heterocycles. The summed E-state index contributed by atoms with van der Waals surface area (Å²) in [6.45, 7) is 10.6. The molecule has 2 aromatic rings. The molecular formula is C38H50O12. The van der Waals surface area contributed by atoms with Gasteiger partial charge in [-0.1, -0.05) is 65.2 Å². The van der Waals surface area contributed by atoms with Crippen LogP contribution in [-0.2, 0) is 19.2 Å². The second-order valence-corrected chi connectivity index (χ2v) is 12.4. The summed E-state index contributed by atoms with van der Waals surface area (Å²) in [5, 5.41) is 0.